The Labute approximate surface area is 140 Å². The molecule has 1 saturated heterocycles. The number of hydrogen-bond acceptors (Lipinski definition) is 3. The van der Waals surface area contributed by atoms with E-state index in [1.54, 1.807) is 12.1 Å². The maximum Gasteiger partial charge on any atom is 0.163 e. The van der Waals surface area contributed by atoms with Gasteiger partial charge in [-0.15, -0.1) is 0 Å². The molecule has 116 valence electrons. The van der Waals surface area contributed by atoms with Crippen molar-refractivity contribution in [2.75, 3.05) is 20.1 Å². The summed E-state index contributed by atoms with van der Waals surface area (Å²) >= 11 is 12.0. The first-order chi connectivity index (χ1) is 10.6. The number of ether oxygens (including phenoxy) is 2. The van der Waals surface area contributed by atoms with Gasteiger partial charge in [0.25, 0.3) is 0 Å². The summed E-state index contributed by atoms with van der Waals surface area (Å²) in [5, 5.41) is 1.34. The van der Waals surface area contributed by atoms with Crippen molar-refractivity contribution in [1.29, 1.82) is 0 Å². The summed E-state index contributed by atoms with van der Waals surface area (Å²) in [6.07, 6.45) is 0.192. The van der Waals surface area contributed by atoms with Crippen molar-refractivity contribution in [3.63, 3.8) is 0 Å². The zero-order chi connectivity index (χ0) is 15.5. The fourth-order valence-corrected chi connectivity index (χ4v) is 2.75. The minimum absolute atomic E-state index is 0.192. The third-order valence-corrected chi connectivity index (χ3v) is 3.98. The molecule has 1 aliphatic rings. The second kappa shape index (κ2) is 6.78. The van der Waals surface area contributed by atoms with E-state index in [0.29, 0.717) is 28.2 Å². The van der Waals surface area contributed by atoms with Crippen LogP contribution >= 0.6 is 23.2 Å². The first-order valence-electron chi connectivity index (χ1n) is 7.12. The third-order valence-electron chi connectivity index (χ3n) is 3.51. The average Bonchev–Trinajstić information content (AvgIpc) is 2.45. The second-order valence-corrected chi connectivity index (χ2v) is 6.34. The van der Waals surface area contributed by atoms with Gasteiger partial charge in [-0.25, -0.2) is 0 Å². The van der Waals surface area contributed by atoms with E-state index in [9.17, 15) is 0 Å². The van der Waals surface area contributed by atoms with Crippen LogP contribution in [-0.2, 0) is 6.61 Å². The van der Waals surface area contributed by atoms with Crippen molar-refractivity contribution in [2.24, 2.45) is 0 Å². The standard InChI is InChI=1S/C17H17Cl2NO2/c1-20-9-15(10-20)22-17-8-14(19)5-6-16(17)21-11-12-3-2-4-13(18)7-12/h2-8,15H,9-11H2,1H3. The minimum Gasteiger partial charge on any atom is -0.485 e. The zero-order valence-corrected chi connectivity index (χ0v) is 13.8. The molecule has 1 aliphatic heterocycles. The molecular formula is C17H17Cl2NO2. The Hall–Kier alpha value is -1.42. The van der Waals surface area contributed by atoms with Gasteiger partial charge < -0.3 is 9.47 Å². The molecule has 22 heavy (non-hydrogen) atoms. The van der Waals surface area contributed by atoms with Gasteiger partial charge in [0, 0.05) is 29.2 Å². The fraction of sp³-hybridized carbons (Fsp3) is 0.294. The molecule has 0 N–H and O–H groups in total. The molecule has 0 amide bonds. The minimum atomic E-state index is 0.192. The molecule has 0 aromatic heterocycles. The lowest BCUT2D eigenvalue weighted by molar-refractivity contribution is 0.0363. The van der Waals surface area contributed by atoms with Crippen molar-refractivity contribution >= 4 is 23.2 Å². The molecule has 0 atom stereocenters. The van der Waals surface area contributed by atoms with Crippen LogP contribution in [0.25, 0.3) is 0 Å². The van der Waals surface area contributed by atoms with Crippen LogP contribution in [0, 0.1) is 0 Å². The number of hydrogen-bond donors (Lipinski definition) is 0. The van der Waals surface area contributed by atoms with Crippen LogP contribution in [0.5, 0.6) is 11.5 Å². The number of likely N-dealkylation sites (N-methyl/N-ethyl adjacent to an activating group) is 1. The largest absolute Gasteiger partial charge is 0.485 e. The summed E-state index contributed by atoms with van der Waals surface area (Å²) in [5.41, 5.74) is 1.01. The molecule has 5 heteroatoms. The van der Waals surface area contributed by atoms with Crippen LogP contribution in [0.4, 0.5) is 0 Å². The lowest BCUT2D eigenvalue weighted by Gasteiger charge is -2.36. The van der Waals surface area contributed by atoms with Crippen LogP contribution in [0.3, 0.4) is 0 Å². The van der Waals surface area contributed by atoms with Crippen LogP contribution in [-0.4, -0.2) is 31.1 Å². The van der Waals surface area contributed by atoms with Gasteiger partial charge in [0.15, 0.2) is 11.5 Å². The van der Waals surface area contributed by atoms with E-state index in [0.717, 1.165) is 18.7 Å². The molecule has 0 unspecified atom stereocenters. The summed E-state index contributed by atoms with van der Waals surface area (Å²) in [6, 6.07) is 13.0. The Bertz CT molecular complexity index is 657. The van der Waals surface area contributed by atoms with E-state index in [-0.39, 0.29) is 6.10 Å². The maximum atomic E-state index is 6.06. The zero-order valence-electron chi connectivity index (χ0n) is 12.3. The number of halogens is 2. The lowest BCUT2D eigenvalue weighted by atomic mass is 10.2. The summed E-state index contributed by atoms with van der Waals surface area (Å²) in [4.78, 5) is 2.20. The highest BCUT2D eigenvalue weighted by atomic mass is 35.5. The van der Waals surface area contributed by atoms with Crippen molar-refractivity contribution in [3.05, 3.63) is 58.1 Å². The van der Waals surface area contributed by atoms with Crippen molar-refractivity contribution in [1.82, 2.24) is 4.90 Å². The fourth-order valence-electron chi connectivity index (χ4n) is 2.38. The van der Waals surface area contributed by atoms with E-state index in [1.807, 2.05) is 30.3 Å². The maximum absolute atomic E-state index is 6.06. The Morgan fingerprint density at radius 3 is 2.55 bits per heavy atom. The van der Waals surface area contributed by atoms with Gasteiger partial charge in [0.1, 0.15) is 12.7 Å². The van der Waals surface area contributed by atoms with Crippen molar-refractivity contribution in [2.45, 2.75) is 12.7 Å². The molecule has 3 rings (SSSR count). The van der Waals surface area contributed by atoms with Gasteiger partial charge in [-0.1, -0.05) is 35.3 Å². The summed E-state index contributed by atoms with van der Waals surface area (Å²) in [5.74, 6) is 1.38. The molecule has 1 heterocycles. The highest BCUT2D eigenvalue weighted by Crippen LogP contribution is 2.33. The smallest absolute Gasteiger partial charge is 0.163 e. The lowest BCUT2D eigenvalue weighted by Crippen LogP contribution is -2.51. The Kier molecular flexibility index (Phi) is 4.77. The van der Waals surface area contributed by atoms with E-state index in [4.69, 9.17) is 32.7 Å². The van der Waals surface area contributed by atoms with E-state index >= 15 is 0 Å². The first-order valence-corrected chi connectivity index (χ1v) is 7.88. The van der Waals surface area contributed by atoms with Gasteiger partial charge in [-0.3, -0.25) is 4.90 Å². The average molecular weight is 338 g/mol. The Balaban J connectivity index is 1.69. The summed E-state index contributed by atoms with van der Waals surface area (Å²) in [6.45, 7) is 2.27. The summed E-state index contributed by atoms with van der Waals surface area (Å²) < 4.78 is 11.8. The normalized spacial score (nSPS) is 15.4. The monoisotopic (exact) mass is 337 g/mol. The summed E-state index contributed by atoms with van der Waals surface area (Å²) in [7, 11) is 2.06. The molecule has 3 nitrogen and oxygen atoms in total. The number of benzene rings is 2. The van der Waals surface area contributed by atoms with Gasteiger partial charge in [-0.05, 0) is 36.9 Å². The topological polar surface area (TPSA) is 21.7 Å². The Morgan fingerprint density at radius 2 is 1.82 bits per heavy atom. The third kappa shape index (κ3) is 3.86. The molecule has 0 spiro atoms. The van der Waals surface area contributed by atoms with Gasteiger partial charge in [0.2, 0.25) is 0 Å². The van der Waals surface area contributed by atoms with Gasteiger partial charge >= 0.3 is 0 Å². The second-order valence-electron chi connectivity index (χ2n) is 5.47. The van der Waals surface area contributed by atoms with Gasteiger partial charge in [0.05, 0.1) is 0 Å². The van der Waals surface area contributed by atoms with E-state index < -0.39 is 0 Å². The van der Waals surface area contributed by atoms with E-state index in [2.05, 4.69) is 11.9 Å². The van der Waals surface area contributed by atoms with Crippen molar-refractivity contribution < 1.29 is 9.47 Å². The predicted molar refractivity (Wildman–Crippen MR) is 89.1 cm³/mol. The van der Waals surface area contributed by atoms with E-state index in [1.165, 1.54) is 0 Å². The highest BCUT2D eigenvalue weighted by Gasteiger charge is 2.26. The SMILES string of the molecule is CN1CC(Oc2cc(Cl)ccc2OCc2cccc(Cl)c2)C1. The quantitative estimate of drug-likeness (QED) is 0.813. The van der Waals surface area contributed by atoms with Crippen LogP contribution in [0.1, 0.15) is 5.56 Å². The number of likely N-dealkylation sites (tertiary alicyclic amines) is 1. The highest BCUT2D eigenvalue weighted by molar-refractivity contribution is 6.31. The molecule has 0 radical (unpaired) electrons. The van der Waals surface area contributed by atoms with Crippen LogP contribution < -0.4 is 9.47 Å². The number of rotatable bonds is 5. The molecule has 0 saturated carbocycles. The van der Waals surface area contributed by atoms with Crippen molar-refractivity contribution in [3.8, 4) is 11.5 Å². The Morgan fingerprint density at radius 1 is 1.05 bits per heavy atom. The van der Waals surface area contributed by atoms with Gasteiger partial charge in [-0.2, -0.15) is 0 Å². The predicted octanol–water partition coefficient (Wildman–Crippen LogP) is 4.27. The molecule has 0 bridgehead atoms. The molecule has 2 aromatic carbocycles. The van der Waals surface area contributed by atoms with Crippen LogP contribution in [0.2, 0.25) is 10.0 Å². The molecule has 2 aromatic rings. The molecular weight excluding hydrogens is 321 g/mol. The number of nitrogens with zero attached hydrogens (tertiary/aromatic N) is 1. The van der Waals surface area contributed by atoms with Crippen LogP contribution in [0.15, 0.2) is 42.5 Å². The first kappa shape index (κ1) is 15.5. The molecule has 0 aliphatic carbocycles. The molecule has 1 fully saturated rings.